The molecule has 0 aliphatic heterocycles. The first-order valence-corrected chi connectivity index (χ1v) is 5.77. The summed E-state index contributed by atoms with van der Waals surface area (Å²) < 4.78 is 0.712. The zero-order valence-electron chi connectivity index (χ0n) is 8.90. The van der Waals surface area contributed by atoms with Crippen molar-refractivity contribution in [2.45, 2.75) is 6.54 Å². The van der Waals surface area contributed by atoms with Gasteiger partial charge in [0.15, 0.2) is 0 Å². The third-order valence-corrected chi connectivity index (χ3v) is 2.90. The molecule has 5 nitrogen and oxygen atoms in total. The van der Waals surface area contributed by atoms with Crippen LogP contribution in [0.5, 0.6) is 0 Å². The van der Waals surface area contributed by atoms with E-state index in [4.69, 9.17) is 5.73 Å². The Hall–Kier alpha value is -1.82. The Morgan fingerprint density at radius 3 is 3.06 bits per heavy atom. The van der Waals surface area contributed by atoms with E-state index in [2.05, 4.69) is 31.2 Å². The molecule has 1 heterocycles. The summed E-state index contributed by atoms with van der Waals surface area (Å²) in [5.41, 5.74) is 6.70. The molecule has 4 N–H and O–H groups in total. The number of aromatic nitrogens is 2. The van der Waals surface area contributed by atoms with E-state index < -0.39 is 0 Å². The van der Waals surface area contributed by atoms with Crippen LogP contribution in [0.3, 0.4) is 0 Å². The highest BCUT2D eigenvalue weighted by molar-refractivity contribution is 9.10. The van der Waals surface area contributed by atoms with Crippen LogP contribution >= 0.6 is 15.9 Å². The van der Waals surface area contributed by atoms with Gasteiger partial charge in [0.25, 0.3) is 5.91 Å². The lowest BCUT2D eigenvalue weighted by Gasteiger charge is -2.06. The number of nitrogens with zero attached hydrogens (tertiary/aromatic N) is 1. The van der Waals surface area contributed by atoms with Crippen LogP contribution in [-0.2, 0) is 6.54 Å². The van der Waals surface area contributed by atoms with Crippen molar-refractivity contribution < 1.29 is 4.79 Å². The Bertz CT molecular complexity index is 524. The van der Waals surface area contributed by atoms with Gasteiger partial charge >= 0.3 is 0 Å². The molecule has 0 unspecified atom stereocenters. The molecule has 0 aliphatic carbocycles. The number of amides is 1. The first-order valence-electron chi connectivity index (χ1n) is 4.98. The molecule has 1 aromatic heterocycles. The second-order valence-electron chi connectivity index (χ2n) is 3.46. The second-order valence-corrected chi connectivity index (χ2v) is 4.31. The number of H-pyrrole nitrogens is 1. The topological polar surface area (TPSA) is 83.8 Å². The standard InChI is InChI=1S/C11H11BrN4O/c12-9-2-1-7(13)5-8(9)11(17)16-6-10-14-3-4-15-10/h1-5H,6,13H2,(H,14,15)(H,16,17). The summed E-state index contributed by atoms with van der Waals surface area (Å²) in [5.74, 6) is 0.513. The summed E-state index contributed by atoms with van der Waals surface area (Å²) >= 11 is 3.31. The summed E-state index contributed by atoms with van der Waals surface area (Å²) in [5, 5.41) is 2.75. The molecule has 0 aliphatic rings. The van der Waals surface area contributed by atoms with Crippen LogP contribution in [0.15, 0.2) is 35.1 Å². The summed E-state index contributed by atoms with van der Waals surface area (Å²) in [6.07, 6.45) is 3.34. The molecule has 0 radical (unpaired) electrons. The maximum absolute atomic E-state index is 11.9. The Morgan fingerprint density at radius 1 is 1.53 bits per heavy atom. The minimum atomic E-state index is -0.194. The van der Waals surface area contributed by atoms with Gasteiger partial charge in [-0.25, -0.2) is 4.98 Å². The van der Waals surface area contributed by atoms with Crippen LogP contribution in [0.2, 0.25) is 0 Å². The summed E-state index contributed by atoms with van der Waals surface area (Å²) in [4.78, 5) is 18.8. The SMILES string of the molecule is Nc1ccc(Br)c(C(=O)NCc2ncc[nH]2)c1. The number of rotatable bonds is 3. The summed E-state index contributed by atoms with van der Waals surface area (Å²) in [6, 6.07) is 5.10. The number of nitrogens with one attached hydrogen (secondary N) is 2. The fourth-order valence-electron chi connectivity index (χ4n) is 1.37. The lowest BCUT2D eigenvalue weighted by molar-refractivity contribution is 0.0949. The van der Waals surface area contributed by atoms with Crippen molar-refractivity contribution in [3.05, 3.63) is 46.5 Å². The highest BCUT2D eigenvalue weighted by atomic mass is 79.9. The van der Waals surface area contributed by atoms with Crippen LogP contribution in [-0.4, -0.2) is 15.9 Å². The fraction of sp³-hybridized carbons (Fsp3) is 0.0909. The fourth-order valence-corrected chi connectivity index (χ4v) is 1.80. The third-order valence-electron chi connectivity index (χ3n) is 2.21. The van der Waals surface area contributed by atoms with Gasteiger partial charge in [-0.05, 0) is 34.1 Å². The Morgan fingerprint density at radius 2 is 2.35 bits per heavy atom. The number of carbonyl (C=O) groups is 1. The van der Waals surface area contributed by atoms with Crippen LogP contribution in [0, 0.1) is 0 Å². The second kappa shape index (κ2) is 5.01. The van der Waals surface area contributed by atoms with Crippen molar-refractivity contribution in [1.29, 1.82) is 0 Å². The van der Waals surface area contributed by atoms with Gasteiger partial charge in [-0.3, -0.25) is 4.79 Å². The number of aromatic amines is 1. The first kappa shape index (κ1) is 11.7. The van der Waals surface area contributed by atoms with Gasteiger partial charge in [0.2, 0.25) is 0 Å². The van der Waals surface area contributed by atoms with Gasteiger partial charge in [-0.2, -0.15) is 0 Å². The number of benzene rings is 1. The molecular weight excluding hydrogens is 284 g/mol. The molecule has 0 bridgehead atoms. The van der Waals surface area contributed by atoms with E-state index in [1.165, 1.54) is 0 Å². The van der Waals surface area contributed by atoms with Crippen LogP contribution < -0.4 is 11.1 Å². The molecule has 2 aromatic rings. The normalized spacial score (nSPS) is 10.2. The van der Waals surface area contributed by atoms with E-state index in [1.54, 1.807) is 30.6 Å². The highest BCUT2D eigenvalue weighted by Gasteiger charge is 2.10. The van der Waals surface area contributed by atoms with Crippen molar-refractivity contribution >= 4 is 27.5 Å². The molecule has 0 saturated carbocycles. The number of imidazole rings is 1. The smallest absolute Gasteiger partial charge is 0.252 e. The van der Waals surface area contributed by atoms with E-state index >= 15 is 0 Å². The molecule has 6 heteroatoms. The monoisotopic (exact) mass is 294 g/mol. The van der Waals surface area contributed by atoms with Crippen LogP contribution in [0.25, 0.3) is 0 Å². The number of nitrogen functional groups attached to an aromatic ring is 1. The van der Waals surface area contributed by atoms with Gasteiger partial charge in [-0.15, -0.1) is 0 Å². The zero-order chi connectivity index (χ0) is 12.3. The van der Waals surface area contributed by atoms with Gasteiger partial charge < -0.3 is 16.0 Å². The maximum Gasteiger partial charge on any atom is 0.252 e. The molecule has 0 saturated heterocycles. The average molecular weight is 295 g/mol. The van der Waals surface area contributed by atoms with E-state index in [9.17, 15) is 4.79 Å². The van der Waals surface area contributed by atoms with Crippen molar-refractivity contribution in [2.75, 3.05) is 5.73 Å². The van der Waals surface area contributed by atoms with Gasteiger partial charge in [0.1, 0.15) is 5.82 Å². The number of hydrogen-bond acceptors (Lipinski definition) is 3. The van der Waals surface area contributed by atoms with E-state index in [0.717, 1.165) is 0 Å². The minimum Gasteiger partial charge on any atom is -0.399 e. The predicted molar refractivity (Wildman–Crippen MR) is 68.3 cm³/mol. The van der Waals surface area contributed by atoms with Crippen LogP contribution in [0.4, 0.5) is 5.69 Å². The van der Waals surface area contributed by atoms with Crippen LogP contribution in [0.1, 0.15) is 16.2 Å². The zero-order valence-corrected chi connectivity index (χ0v) is 10.5. The van der Waals surface area contributed by atoms with Crippen molar-refractivity contribution in [1.82, 2.24) is 15.3 Å². The Kier molecular flexibility index (Phi) is 3.43. The predicted octanol–water partition coefficient (Wildman–Crippen LogP) is 1.68. The summed E-state index contributed by atoms with van der Waals surface area (Å²) in [6.45, 7) is 0.354. The molecule has 1 aromatic carbocycles. The maximum atomic E-state index is 11.9. The van der Waals surface area contributed by atoms with Gasteiger partial charge in [0.05, 0.1) is 12.1 Å². The lowest BCUT2D eigenvalue weighted by atomic mass is 10.2. The molecule has 88 valence electrons. The van der Waals surface area contributed by atoms with Crippen molar-refractivity contribution in [3.8, 4) is 0 Å². The number of hydrogen-bond donors (Lipinski definition) is 3. The van der Waals surface area contributed by atoms with E-state index in [0.29, 0.717) is 28.1 Å². The first-order chi connectivity index (χ1) is 8.16. The molecule has 0 atom stereocenters. The Balaban J connectivity index is 2.07. The molecule has 17 heavy (non-hydrogen) atoms. The largest absolute Gasteiger partial charge is 0.399 e. The number of carbonyl (C=O) groups excluding carboxylic acids is 1. The van der Waals surface area contributed by atoms with E-state index in [-0.39, 0.29) is 5.91 Å². The molecule has 1 amide bonds. The average Bonchev–Trinajstić information content (AvgIpc) is 2.82. The molecular formula is C11H11BrN4O. The van der Waals surface area contributed by atoms with Gasteiger partial charge in [0, 0.05) is 22.6 Å². The summed E-state index contributed by atoms with van der Waals surface area (Å²) in [7, 11) is 0. The quantitative estimate of drug-likeness (QED) is 0.753. The van der Waals surface area contributed by atoms with E-state index in [1.807, 2.05) is 0 Å². The third kappa shape index (κ3) is 2.85. The molecule has 2 rings (SSSR count). The van der Waals surface area contributed by atoms with Crippen molar-refractivity contribution in [2.24, 2.45) is 0 Å². The Labute approximate surface area is 107 Å². The minimum absolute atomic E-state index is 0.194. The number of halogens is 1. The number of anilines is 1. The highest BCUT2D eigenvalue weighted by Crippen LogP contribution is 2.19. The van der Waals surface area contributed by atoms with Gasteiger partial charge in [-0.1, -0.05) is 0 Å². The lowest BCUT2D eigenvalue weighted by Crippen LogP contribution is -2.23. The molecule has 0 spiro atoms. The van der Waals surface area contributed by atoms with Crippen molar-refractivity contribution in [3.63, 3.8) is 0 Å². The molecule has 0 fully saturated rings. The number of nitrogens with two attached hydrogens (primary N) is 1.